The smallest absolute Gasteiger partial charge is 0.241 e. The molecule has 0 aliphatic carbocycles. The van der Waals surface area contributed by atoms with Gasteiger partial charge in [-0.15, -0.1) is 0 Å². The van der Waals surface area contributed by atoms with Crippen LogP contribution in [0.2, 0.25) is 0 Å². The first kappa shape index (κ1) is 14.6. The molecule has 2 rings (SSSR count). The van der Waals surface area contributed by atoms with Crippen LogP contribution in [-0.4, -0.2) is 18.6 Å². The first-order valence-electron chi connectivity index (χ1n) is 6.03. The summed E-state index contributed by atoms with van der Waals surface area (Å²) in [6.45, 7) is 3.45. The number of nitrogens with one attached hydrogen (secondary N) is 1. The van der Waals surface area contributed by atoms with Gasteiger partial charge in [0.2, 0.25) is 15.9 Å². The summed E-state index contributed by atoms with van der Waals surface area (Å²) in [5, 5.41) is 3.59. The maximum absolute atomic E-state index is 12.1. The molecule has 1 atom stereocenters. The summed E-state index contributed by atoms with van der Waals surface area (Å²) >= 11 is 0. The highest BCUT2D eigenvalue weighted by Gasteiger charge is 2.15. The second-order valence-electron chi connectivity index (χ2n) is 4.42. The van der Waals surface area contributed by atoms with E-state index in [-0.39, 0.29) is 23.4 Å². The summed E-state index contributed by atoms with van der Waals surface area (Å²) in [7, 11) is -3.61. The lowest BCUT2D eigenvalue weighted by molar-refractivity contribution is 0.372. The quantitative estimate of drug-likeness (QED) is 0.847. The van der Waals surface area contributed by atoms with Crippen LogP contribution in [-0.2, 0) is 16.6 Å². The van der Waals surface area contributed by atoms with Crippen LogP contribution in [0.25, 0.3) is 0 Å². The van der Waals surface area contributed by atoms with Crippen molar-refractivity contribution in [2.45, 2.75) is 31.3 Å². The van der Waals surface area contributed by atoms with Crippen LogP contribution in [0, 0.1) is 6.92 Å². The van der Waals surface area contributed by atoms with Gasteiger partial charge in [0.15, 0.2) is 5.82 Å². The summed E-state index contributed by atoms with van der Waals surface area (Å²) in [6, 6.07) is 6.27. The normalized spacial score (nSPS) is 13.3. The predicted octanol–water partition coefficient (Wildman–Crippen LogP) is 0.876. The summed E-state index contributed by atoms with van der Waals surface area (Å²) in [4.78, 5) is 4.09. The first-order valence-corrected chi connectivity index (χ1v) is 7.51. The molecule has 7 nitrogen and oxygen atoms in total. The van der Waals surface area contributed by atoms with Crippen molar-refractivity contribution in [1.82, 2.24) is 14.9 Å². The molecule has 20 heavy (non-hydrogen) atoms. The zero-order valence-electron chi connectivity index (χ0n) is 11.2. The van der Waals surface area contributed by atoms with Crippen LogP contribution in [0.3, 0.4) is 0 Å². The number of benzene rings is 1. The topological polar surface area (TPSA) is 111 Å². The van der Waals surface area contributed by atoms with Crippen molar-refractivity contribution in [3.05, 3.63) is 41.5 Å². The molecular formula is C12H16N4O3S. The van der Waals surface area contributed by atoms with Gasteiger partial charge in [-0.25, -0.2) is 13.1 Å². The number of hydrogen-bond acceptors (Lipinski definition) is 6. The molecule has 0 saturated heterocycles. The van der Waals surface area contributed by atoms with Gasteiger partial charge in [0.25, 0.3) is 0 Å². The molecule has 1 heterocycles. The molecule has 0 aliphatic heterocycles. The minimum Gasteiger partial charge on any atom is -0.338 e. The third-order valence-corrected chi connectivity index (χ3v) is 4.12. The molecule has 1 unspecified atom stereocenters. The Labute approximate surface area is 117 Å². The van der Waals surface area contributed by atoms with Crippen molar-refractivity contribution in [1.29, 1.82) is 0 Å². The van der Waals surface area contributed by atoms with Gasteiger partial charge in [-0.2, -0.15) is 4.98 Å². The summed E-state index contributed by atoms with van der Waals surface area (Å²) in [5.41, 5.74) is 6.59. The Morgan fingerprint density at radius 3 is 2.50 bits per heavy atom. The maximum Gasteiger partial charge on any atom is 0.241 e. The average molecular weight is 296 g/mol. The van der Waals surface area contributed by atoms with Crippen LogP contribution >= 0.6 is 0 Å². The van der Waals surface area contributed by atoms with Gasteiger partial charge < -0.3 is 10.3 Å². The minimum atomic E-state index is -3.61. The lowest BCUT2D eigenvalue weighted by Crippen LogP contribution is -2.23. The number of sulfonamides is 1. The highest BCUT2D eigenvalue weighted by atomic mass is 32.2. The molecule has 0 bridgehead atoms. The number of nitrogens with two attached hydrogens (primary N) is 1. The van der Waals surface area contributed by atoms with E-state index in [0.717, 1.165) is 5.56 Å². The molecule has 2 aromatic rings. The van der Waals surface area contributed by atoms with Crippen LogP contribution < -0.4 is 10.5 Å². The Morgan fingerprint density at radius 1 is 1.35 bits per heavy atom. The number of aryl methyl sites for hydroxylation is 1. The first-order chi connectivity index (χ1) is 9.38. The van der Waals surface area contributed by atoms with Gasteiger partial charge in [0.1, 0.15) is 0 Å². The third kappa shape index (κ3) is 3.41. The number of nitrogens with zero attached hydrogens (tertiary/aromatic N) is 2. The molecular weight excluding hydrogens is 280 g/mol. The molecule has 0 fully saturated rings. The van der Waals surface area contributed by atoms with E-state index >= 15 is 0 Å². The summed E-state index contributed by atoms with van der Waals surface area (Å²) < 4.78 is 31.4. The predicted molar refractivity (Wildman–Crippen MR) is 72.1 cm³/mol. The van der Waals surface area contributed by atoms with Gasteiger partial charge in [-0.05, 0) is 31.5 Å². The highest BCUT2D eigenvalue weighted by molar-refractivity contribution is 7.89. The van der Waals surface area contributed by atoms with Gasteiger partial charge in [0.05, 0.1) is 11.4 Å². The molecule has 1 aromatic carbocycles. The van der Waals surface area contributed by atoms with E-state index in [1.165, 1.54) is 12.1 Å². The van der Waals surface area contributed by atoms with Crippen LogP contribution in [0.5, 0.6) is 0 Å². The van der Waals surface area contributed by atoms with Gasteiger partial charge in [-0.1, -0.05) is 17.3 Å². The van der Waals surface area contributed by atoms with Crippen molar-refractivity contribution < 1.29 is 12.9 Å². The molecule has 1 aromatic heterocycles. The summed E-state index contributed by atoms with van der Waals surface area (Å²) in [5.74, 6) is 0.679. The van der Waals surface area contributed by atoms with E-state index in [2.05, 4.69) is 14.9 Å². The maximum atomic E-state index is 12.1. The summed E-state index contributed by atoms with van der Waals surface area (Å²) in [6.07, 6.45) is 0. The van der Waals surface area contributed by atoms with Gasteiger partial charge in [-0.3, -0.25) is 0 Å². The van der Waals surface area contributed by atoms with E-state index in [0.29, 0.717) is 5.82 Å². The zero-order chi connectivity index (χ0) is 14.8. The Bertz CT molecular complexity index is 677. The van der Waals surface area contributed by atoms with E-state index < -0.39 is 10.0 Å². The van der Waals surface area contributed by atoms with Crippen molar-refractivity contribution in [3.8, 4) is 0 Å². The lowest BCUT2D eigenvalue weighted by Gasteiger charge is -2.08. The average Bonchev–Trinajstić information content (AvgIpc) is 2.82. The van der Waals surface area contributed by atoms with Crippen molar-refractivity contribution in [2.24, 2.45) is 5.73 Å². The second kappa shape index (κ2) is 5.70. The van der Waals surface area contributed by atoms with Crippen molar-refractivity contribution in [2.75, 3.05) is 0 Å². The largest absolute Gasteiger partial charge is 0.338 e. The fourth-order valence-corrected chi connectivity index (χ4v) is 2.58. The monoisotopic (exact) mass is 296 g/mol. The van der Waals surface area contributed by atoms with E-state index in [1.54, 1.807) is 19.1 Å². The van der Waals surface area contributed by atoms with Crippen molar-refractivity contribution in [3.63, 3.8) is 0 Å². The highest BCUT2D eigenvalue weighted by Crippen LogP contribution is 2.14. The molecule has 8 heteroatoms. The fraction of sp³-hybridized carbons (Fsp3) is 0.333. The van der Waals surface area contributed by atoms with E-state index in [4.69, 9.17) is 10.3 Å². The molecule has 108 valence electrons. The molecule has 0 amide bonds. The van der Waals surface area contributed by atoms with Crippen molar-refractivity contribution >= 4 is 10.0 Å². The van der Waals surface area contributed by atoms with E-state index in [9.17, 15) is 8.42 Å². The molecule has 0 aliphatic rings. The second-order valence-corrected chi connectivity index (χ2v) is 6.18. The van der Waals surface area contributed by atoms with Gasteiger partial charge in [0, 0.05) is 6.04 Å². The Kier molecular flexibility index (Phi) is 4.17. The van der Waals surface area contributed by atoms with Gasteiger partial charge >= 0.3 is 0 Å². The standard InChI is InChI=1S/C12H16N4O3S/c1-8(13)10-3-5-11(6-4-10)20(17,18)14-7-12-15-9(2)16-19-12/h3-6,8,14H,7,13H2,1-2H3. The van der Waals surface area contributed by atoms with E-state index in [1.807, 2.05) is 6.92 Å². The Morgan fingerprint density at radius 2 is 2.00 bits per heavy atom. The molecule has 0 spiro atoms. The van der Waals surface area contributed by atoms with Crippen LogP contribution in [0.15, 0.2) is 33.7 Å². The fourth-order valence-electron chi connectivity index (χ4n) is 1.60. The number of rotatable bonds is 5. The number of hydrogen-bond donors (Lipinski definition) is 2. The Balaban J connectivity index is 2.09. The Hall–Kier alpha value is -1.77. The van der Waals surface area contributed by atoms with Crippen LogP contribution in [0.1, 0.15) is 30.2 Å². The molecule has 3 N–H and O–H groups in total. The number of aromatic nitrogens is 2. The molecule has 0 saturated carbocycles. The minimum absolute atomic E-state index is 0.0434. The third-order valence-electron chi connectivity index (χ3n) is 2.70. The van der Waals surface area contributed by atoms with Crippen LogP contribution in [0.4, 0.5) is 0 Å². The SMILES string of the molecule is Cc1noc(CNS(=O)(=O)c2ccc(C(C)N)cc2)n1. The zero-order valence-corrected chi connectivity index (χ0v) is 12.0. The molecule has 0 radical (unpaired) electrons. The lowest BCUT2D eigenvalue weighted by atomic mass is 10.1.